The lowest BCUT2D eigenvalue weighted by Crippen LogP contribution is -2.23. The van der Waals surface area contributed by atoms with E-state index in [1.165, 1.54) is 12.1 Å². The van der Waals surface area contributed by atoms with Crippen LogP contribution in [0.2, 0.25) is 0 Å². The zero-order valence-corrected chi connectivity index (χ0v) is 15.7. The Morgan fingerprint density at radius 3 is 2.75 bits per heavy atom. The molecule has 4 rings (SSSR count). The summed E-state index contributed by atoms with van der Waals surface area (Å²) in [6.45, 7) is 1.77. The number of nitrogens with zero attached hydrogens (tertiary/aromatic N) is 3. The van der Waals surface area contributed by atoms with Crippen molar-refractivity contribution >= 4 is 17.5 Å². The number of ketones is 1. The van der Waals surface area contributed by atoms with Crippen LogP contribution in [0.25, 0.3) is 11.3 Å². The highest BCUT2D eigenvalue weighted by Gasteiger charge is 2.31. The summed E-state index contributed by atoms with van der Waals surface area (Å²) in [6, 6.07) is 10.2. The highest BCUT2D eigenvalue weighted by atomic mass is 19.1. The van der Waals surface area contributed by atoms with Gasteiger partial charge < -0.3 is 11.1 Å². The minimum absolute atomic E-state index is 0.0176. The first-order valence-electron chi connectivity index (χ1n) is 9.07. The Labute approximate surface area is 162 Å². The van der Waals surface area contributed by atoms with Gasteiger partial charge in [0.2, 0.25) is 5.95 Å². The summed E-state index contributed by atoms with van der Waals surface area (Å²) in [7, 11) is 1.78. The van der Waals surface area contributed by atoms with E-state index >= 15 is 0 Å². The summed E-state index contributed by atoms with van der Waals surface area (Å²) in [6.07, 6.45) is 0.852. The first kappa shape index (κ1) is 18.0. The molecular weight excluding hydrogens is 357 g/mol. The van der Waals surface area contributed by atoms with E-state index in [9.17, 15) is 9.18 Å². The largest absolute Gasteiger partial charge is 0.373 e. The molecule has 0 bridgehead atoms. The molecule has 1 unspecified atom stereocenters. The number of carbonyl (C=O) groups excluding carboxylic acids is 1. The molecule has 2 aromatic heterocycles. The minimum atomic E-state index is -0.347. The number of hydrogen-bond donors (Lipinski definition) is 2. The second-order valence-electron chi connectivity index (χ2n) is 6.91. The SMILES string of the molecule is CNc1cccc(-c2cc(F)ccc2C2CC(=O)c3c(C)nc(N)nc3C2)n1. The lowest BCUT2D eigenvalue weighted by atomic mass is 9.79. The molecule has 7 heteroatoms. The standard InChI is InChI=1S/C21H20FN5O/c1-11-20-17(27-21(23)25-11)8-12(9-18(20)28)14-7-6-13(22)10-15(14)16-4-3-5-19(24-2)26-16/h3-7,10,12H,8-9H2,1-2H3,(H,24,26)(H2,23,25,27). The number of benzene rings is 1. The van der Waals surface area contributed by atoms with Gasteiger partial charge in [0, 0.05) is 19.0 Å². The van der Waals surface area contributed by atoms with E-state index < -0.39 is 0 Å². The van der Waals surface area contributed by atoms with Crippen LogP contribution >= 0.6 is 0 Å². The number of nitrogens with one attached hydrogen (secondary N) is 1. The average molecular weight is 377 g/mol. The number of anilines is 2. The third-order valence-electron chi connectivity index (χ3n) is 5.07. The van der Waals surface area contributed by atoms with Crippen molar-refractivity contribution in [3.05, 3.63) is 64.7 Å². The molecule has 0 aliphatic heterocycles. The Balaban J connectivity index is 1.81. The Kier molecular flexibility index (Phi) is 4.50. The van der Waals surface area contributed by atoms with Crippen molar-refractivity contribution in [3.63, 3.8) is 0 Å². The first-order chi connectivity index (χ1) is 13.5. The fraction of sp³-hybridized carbons (Fsp3) is 0.238. The van der Waals surface area contributed by atoms with Gasteiger partial charge in [-0.3, -0.25) is 4.79 Å². The molecule has 3 N–H and O–H groups in total. The van der Waals surface area contributed by atoms with Gasteiger partial charge in [-0.15, -0.1) is 0 Å². The number of aromatic nitrogens is 3. The number of fused-ring (bicyclic) bond motifs is 1. The van der Waals surface area contributed by atoms with Gasteiger partial charge in [-0.1, -0.05) is 12.1 Å². The molecule has 1 aromatic carbocycles. The maximum absolute atomic E-state index is 14.1. The van der Waals surface area contributed by atoms with Crippen LogP contribution in [-0.4, -0.2) is 27.8 Å². The molecule has 6 nitrogen and oxygen atoms in total. The topological polar surface area (TPSA) is 93.8 Å². The van der Waals surface area contributed by atoms with E-state index in [1.54, 1.807) is 20.0 Å². The summed E-state index contributed by atoms with van der Waals surface area (Å²) in [5.41, 5.74) is 9.80. The van der Waals surface area contributed by atoms with E-state index in [2.05, 4.69) is 20.3 Å². The van der Waals surface area contributed by atoms with E-state index in [1.807, 2.05) is 18.2 Å². The molecule has 0 amide bonds. The van der Waals surface area contributed by atoms with Crippen molar-refractivity contribution < 1.29 is 9.18 Å². The van der Waals surface area contributed by atoms with Crippen LogP contribution in [0.4, 0.5) is 16.2 Å². The normalized spacial score (nSPS) is 16.0. The second kappa shape index (κ2) is 6.99. The van der Waals surface area contributed by atoms with Crippen LogP contribution in [0, 0.1) is 12.7 Å². The lowest BCUT2D eigenvalue weighted by Gasteiger charge is -2.26. The monoisotopic (exact) mass is 377 g/mol. The molecule has 1 aliphatic rings. The first-order valence-corrected chi connectivity index (χ1v) is 9.07. The van der Waals surface area contributed by atoms with Gasteiger partial charge in [0.25, 0.3) is 0 Å². The number of halogens is 1. The molecule has 1 aliphatic carbocycles. The van der Waals surface area contributed by atoms with E-state index in [0.717, 1.165) is 5.56 Å². The van der Waals surface area contributed by atoms with Gasteiger partial charge in [0.15, 0.2) is 5.78 Å². The Morgan fingerprint density at radius 1 is 1.14 bits per heavy atom. The zero-order chi connectivity index (χ0) is 19.8. The highest BCUT2D eigenvalue weighted by molar-refractivity contribution is 6.00. The van der Waals surface area contributed by atoms with Crippen molar-refractivity contribution in [3.8, 4) is 11.3 Å². The molecule has 0 radical (unpaired) electrons. The molecule has 0 saturated carbocycles. The number of nitrogen functional groups attached to an aromatic ring is 1. The molecule has 1 atom stereocenters. The van der Waals surface area contributed by atoms with Gasteiger partial charge in [0.05, 0.1) is 22.6 Å². The van der Waals surface area contributed by atoms with Crippen LogP contribution in [-0.2, 0) is 6.42 Å². The van der Waals surface area contributed by atoms with Crippen molar-refractivity contribution in [2.45, 2.75) is 25.7 Å². The maximum Gasteiger partial charge on any atom is 0.220 e. The lowest BCUT2D eigenvalue weighted by molar-refractivity contribution is 0.0962. The summed E-state index contributed by atoms with van der Waals surface area (Å²) in [4.78, 5) is 25.7. The molecular formula is C21H20FN5O. The predicted molar refractivity (Wildman–Crippen MR) is 106 cm³/mol. The van der Waals surface area contributed by atoms with Crippen LogP contribution in [0.5, 0.6) is 0 Å². The average Bonchev–Trinajstić information content (AvgIpc) is 2.67. The van der Waals surface area contributed by atoms with Crippen LogP contribution in [0.15, 0.2) is 36.4 Å². The molecule has 3 aromatic rings. The summed E-state index contributed by atoms with van der Waals surface area (Å²) in [5.74, 6) is 0.349. The van der Waals surface area contributed by atoms with E-state index in [-0.39, 0.29) is 23.5 Å². The number of pyridine rings is 1. The minimum Gasteiger partial charge on any atom is -0.373 e. The quantitative estimate of drug-likeness (QED) is 0.725. The number of carbonyl (C=O) groups is 1. The number of aryl methyl sites for hydroxylation is 1. The fourth-order valence-corrected chi connectivity index (χ4v) is 3.85. The van der Waals surface area contributed by atoms with Gasteiger partial charge in [-0.2, -0.15) is 0 Å². The van der Waals surface area contributed by atoms with Crippen LogP contribution in [0.3, 0.4) is 0 Å². The Morgan fingerprint density at radius 2 is 1.96 bits per heavy atom. The molecule has 142 valence electrons. The van der Waals surface area contributed by atoms with Gasteiger partial charge in [-0.25, -0.2) is 19.3 Å². The number of rotatable bonds is 3. The third kappa shape index (κ3) is 3.19. The van der Waals surface area contributed by atoms with Crippen molar-refractivity contribution in [2.75, 3.05) is 18.1 Å². The molecule has 0 spiro atoms. The highest BCUT2D eigenvalue weighted by Crippen LogP contribution is 2.38. The smallest absolute Gasteiger partial charge is 0.220 e. The number of nitrogens with two attached hydrogens (primary N) is 1. The van der Waals surface area contributed by atoms with Crippen molar-refractivity contribution in [2.24, 2.45) is 0 Å². The second-order valence-corrected chi connectivity index (χ2v) is 6.91. The molecule has 0 saturated heterocycles. The third-order valence-corrected chi connectivity index (χ3v) is 5.07. The van der Waals surface area contributed by atoms with E-state index in [4.69, 9.17) is 5.73 Å². The summed E-state index contributed by atoms with van der Waals surface area (Å²) in [5, 5.41) is 2.99. The molecule has 2 heterocycles. The maximum atomic E-state index is 14.1. The van der Waals surface area contributed by atoms with Crippen LogP contribution < -0.4 is 11.1 Å². The van der Waals surface area contributed by atoms with Crippen LogP contribution in [0.1, 0.15) is 39.6 Å². The van der Waals surface area contributed by atoms with E-state index in [0.29, 0.717) is 46.9 Å². The summed E-state index contributed by atoms with van der Waals surface area (Å²) >= 11 is 0. The zero-order valence-electron chi connectivity index (χ0n) is 15.7. The summed E-state index contributed by atoms with van der Waals surface area (Å²) < 4.78 is 14.1. The van der Waals surface area contributed by atoms with Crippen molar-refractivity contribution in [1.82, 2.24) is 15.0 Å². The van der Waals surface area contributed by atoms with Crippen molar-refractivity contribution in [1.29, 1.82) is 0 Å². The molecule has 28 heavy (non-hydrogen) atoms. The number of hydrogen-bond acceptors (Lipinski definition) is 6. The van der Waals surface area contributed by atoms with Gasteiger partial charge in [0.1, 0.15) is 11.6 Å². The van der Waals surface area contributed by atoms with Gasteiger partial charge >= 0.3 is 0 Å². The van der Waals surface area contributed by atoms with Gasteiger partial charge in [-0.05, 0) is 49.1 Å². The predicted octanol–water partition coefficient (Wildman–Crippen LogP) is 3.52. The fourth-order valence-electron chi connectivity index (χ4n) is 3.85. The Hall–Kier alpha value is -3.35. The molecule has 0 fully saturated rings. The number of Topliss-reactive ketones (excluding diaryl/α,β-unsaturated/α-hetero) is 1. The Bertz CT molecular complexity index is 1080.